The van der Waals surface area contributed by atoms with Crippen LogP contribution in [0.2, 0.25) is 0 Å². The van der Waals surface area contributed by atoms with Gasteiger partial charge in [0, 0.05) is 12.1 Å². The Bertz CT molecular complexity index is 857. The van der Waals surface area contributed by atoms with Gasteiger partial charge in [0.15, 0.2) is 0 Å². The van der Waals surface area contributed by atoms with E-state index in [2.05, 4.69) is 21.2 Å². The molecule has 0 aliphatic carbocycles. The van der Waals surface area contributed by atoms with E-state index < -0.39 is 0 Å². The van der Waals surface area contributed by atoms with Gasteiger partial charge in [-0.25, -0.2) is 0 Å². The van der Waals surface area contributed by atoms with Gasteiger partial charge in [-0.3, -0.25) is 19.3 Å². The molecule has 0 aromatic heterocycles. The van der Waals surface area contributed by atoms with Gasteiger partial charge in [-0.1, -0.05) is 36.0 Å². The lowest BCUT2D eigenvalue weighted by Gasteiger charge is -2.13. The van der Waals surface area contributed by atoms with Crippen molar-refractivity contribution in [3.63, 3.8) is 0 Å². The standard InChI is InChI=1S/C20H19BrN2O4S/c21-16-4-1-2-5-17(16)27-11-3-6-18(24)22-15-9-7-14(8-10-15)12-23-19(25)13-28-20(23)26/h1-2,4-5,7-10H,3,6,11-13H2,(H,22,24). The van der Waals surface area contributed by atoms with Crippen LogP contribution in [0.15, 0.2) is 53.0 Å². The second-order valence-corrected chi connectivity index (χ2v) is 7.94. The molecule has 1 aliphatic rings. The molecule has 8 heteroatoms. The molecule has 0 atom stereocenters. The zero-order valence-electron chi connectivity index (χ0n) is 15.0. The third-order valence-electron chi connectivity index (χ3n) is 4.06. The highest BCUT2D eigenvalue weighted by Crippen LogP contribution is 2.24. The second-order valence-electron chi connectivity index (χ2n) is 6.16. The van der Waals surface area contributed by atoms with Crippen molar-refractivity contribution < 1.29 is 19.1 Å². The molecule has 3 rings (SSSR count). The van der Waals surface area contributed by atoms with E-state index >= 15 is 0 Å². The van der Waals surface area contributed by atoms with Crippen LogP contribution in [-0.2, 0) is 16.1 Å². The quantitative estimate of drug-likeness (QED) is 0.586. The van der Waals surface area contributed by atoms with E-state index in [1.165, 1.54) is 4.90 Å². The first-order chi connectivity index (χ1) is 13.5. The van der Waals surface area contributed by atoms with Gasteiger partial charge in [-0.2, -0.15) is 0 Å². The lowest BCUT2D eigenvalue weighted by atomic mass is 10.2. The number of nitrogens with zero attached hydrogens (tertiary/aromatic N) is 1. The number of hydrogen-bond acceptors (Lipinski definition) is 5. The molecular weight excluding hydrogens is 444 g/mol. The maximum Gasteiger partial charge on any atom is 0.289 e. The average Bonchev–Trinajstić information content (AvgIpc) is 3.00. The highest BCUT2D eigenvalue weighted by Gasteiger charge is 2.29. The summed E-state index contributed by atoms with van der Waals surface area (Å²) in [4.78, 5) is 36.6. The third kappa shape index (κ3) is 5.59. The van der Waals surface area contributed by atoms with Gasteiger partial charge in [0.25, 0.3) is 5.24 Å². The largest absolute Gasteiger partial charge is 0.492 e. The van der Waals surface area contributed by atoms with Crippen LogP contribution in [-0.4, -0.2) is 34.3 Å². The Morgan fingerprint density at radius 1 is 1.14 bits per heavy atom. The number of carbonyl (C=O) groups is 3. The highest BCUT2D eigenvalue weighted by molar-refractivity contribution is 9.10. The molecule has 1 aliphatic heterocycles. The topological polar surface area (TPSA) is 75.7 Å². The number of anilines is 1. The molecule has 3 amide bonds. The monoisotopic (exact) mass is 462 g/mol. The number of amides is 3. The van der Waals surface area contributed by atoms with Crippen LogP contribution in [0.5, 0.6) is 5.75 Å². The number of halogens is 1. The predicted molar refractivity (Wildman–Crippen MR) is 112 cm³/mol. The summed E-state index contributed by atoms with van der Waals surface area (Å²) < 4.78 is 6.53. The maximum atomic E-state index is 12.1. The number of para-hydroxylation sites is 1. The SMILES string of the molecule is O=C(CCCOc1ccccc1Br)Nc1ccc(CN2C(=O)CSC2=O)cc1. The molecule has 28 heavy (non-hydrogen) atoms. The van der Waals surface area contributed by atoms with Crippen LogP contribution >= 0.6 is 27.7 Å². The van der Waals surface area contributed by atoms with Gasteiger partial charge in [0.2, 0.25) is 11.8 Å². The highest BCUT2D eigenvalue weighted by atomic mass is 79.9. The van der Waals surface area contributed by atoms with Crippen LogP contribution < -0.4 is 10.1 Å². The maximum absolute atomic E-state index is 12.1. The fourth-order valence-electron chi connectivity index (χ4n) is 2.61. The number of imide groups is 1. The number of carbonyl (C=O) groups excluding carboxylic acids is 3. The van der Waals surface area contributed by atoms with E-state index in [1.807, 2.05) is 24.3 Å². The van der Waals surface area contributed by atoms with Crippen molar-refractivity contribution >= 4 is 50.4 Å². The Kier molecular flexibility index (Phi) is 7.11. The lowest BCUT2D eigenvalue weighted by Crippen LogP contribution is -2.27. The molecule has 146 valence electrons. The van der Waals surface area contributed by atoms with Crippen molar-refractivity contribution in [1.82, 2.24) is 4.90 Å². The van der Waals surface area contributed by atoms with Gasteiger partial charge >= 0.3 is 0 Å². The van der Waals surface area contributed by atoms with Crippen LogP contribution in [0, 0.1) is 0 Å². The molecule has 1 heterocycles. The van der Waals surface area contributed by atoms with E-state index in [0.717, 1.165) is 27.5 Å². The van der Waals surface area contributed by atoms with Gasteiger partial charge in [0.05, 0.1) is 23.4 Å². The number of rotatable bonds is 8. The van der Waals surface area contributed by atoms with Crippen LogP contribution in [0.4, 0.5) is 10.5 Å². The van der Waals surface area contributed by atoms with E-state index in [1.54, 1.807) is 24.3 Å². The molecule has 0 spiro atoms. The molecule has 0 radical (unpaired) electrons. The molecule has 1 saturated heterocycles. The van der Waals surface area contributed by atoms with Crippen molar-refractivity contribution in [1.29, 1.82) is 0 Å². The summed E-state index contributed by atoms with van der Waals surface area (Å²) >= 11 is 4.44. The molecule has 2 aromatic carbocycles. The van der Waals surface area contributed by atoms with Crippen molar-refractivity contribution in [3.05, 3.63) is 58.6 Å². The van der Waals surface area contributed by atoms with Gasteiger partial charge < -0.3 is 10.1 Å². The molecule has 0 saturated carbocycles. The van der Waals surface area contributed by atoms with Crippen LogP contribution in [0.3, 0.4) is 0 Å². The Labute approximate surface area is 175 Å². The van der Waals surface area contributed by atoms with Gasteiger partial charge in [-0.15, -0.1) is 0 Å². The first-order valence-electron chi connectivity index (χ1n) is 8.76. The molecular formula is C20H19BrN2O4S. The normalized spacial score (nSPS) is 13.7. The Morgan fingerprint density at radius 2 is 1.89 bits per heavy atom. The summed E-state index contributed by atoms with van der Waals surface area (Å²) in [5.74, 6) is 0.700. The first-order valence-corrected chi connectivity index (χ1v) is 10.5. The molecule has 0 unspecified atom stereocenters. The fraction of sp³-hybridized carbons (Fsp3) is 0.250. The van der Waals surface area contributed by atoms with E-state index in [0.29, 0.717) is 25.1 Å². The molecule has 1 fully saturated rings. The minimum Gasteiger partial charge on any atom is -0.492 e. The number of hydrogen-bond donors (Lipinski definition) is 1. The summed E-state index contributed by atoms with van der Waals surface area (Å²) in [5, 5.41) is 2.62. The third-order valence-corrected chi connectivity index (χ3v) is 5.58. The van der Waals surface area contributed by atoms with Crippen LogP contribution in [0.1, 0.15) is 18.4 Å². The summed E-state index contributed by atoms with van der Waals surface area (Å²) in [6.45, 7) is 0.705. The Balaban J connectivity index is 1.41. The first kappa shape index (κ1) is 20.4. The zero-order chi connectivity index (χ0) is 19.9. The number of benzene rings is 2. The summed E-state index contributed by atoms with van der Waals surface area (Å²) in [5.41, 5.74) is 1.51. The Morgan fingerprint density at radius 3 is 2.57 bits per heavy atom. The van der Waals surface area contributed by atoms with Crippen LogP contribution in [0.25, 0.3) is 0 Å². The molecule has 6 nitrogen and oxygen atoms in total. The van der Waals surface area contributed by atoms with Crippen molar-refractivity contribution in [2.24, 2.45) is 0 Å². The lowest BCUT2D eigenvalue weighted by molar-refractivity contribution is -0.125. The average molecular weight is 463 g/mol. The number of thioether (sulfide) groups is 1. The smallest absolute Gasteiger partial charge is 0.289 e. The van der Waals surface area contributed by atoms with Gasteiger partial charge in [0.1, 0.15) is 5.75 Å². The molecule has 2 aromatic rings. The van der Waals surface area contributed by atoms with Crippen molar-refractivity contribution in [2.45, 2.75) is 19.4 Å². The molecule has 0 bridgehead atoms. The number of nitrogens with one attached hydrogen (secondary N) is 1. The van der Waals surface area contributed by atoms with E-state index in [9.17, 15) is 14.4 Å². The zero-order valence-corrected chi connectivity index (χ0v) is 17.4. The fourth-order valence-corrected chi connectivity index (χ4v) is 3.73. The van der Waals surface area contributed by atoms with Gasteiger partial charge in [-0.05, 0) is 52.2 Å². The summed E-state index contributed by atoms with van der Waals surface area (Å²) in [7, 11) is 0. The van der Waals surface area contributed by atoms with Crippen molar-refractivity contribution in [3.8, 4) is 5.75 Å². The molecule has 1 N–H and O–H groups in total. The minimum atomic E-state index is -0.216. The summed E-state index contributed by atoms with van der Waals surface area (Å²) in [6.07, 6.45) is 0.947. The predicted octanol–water partition coefficient (Wildman–Crippen LogP) is 4.44. The Hall–Kier alpha value is -2.32. The minimum absolute atomic E-state index is 0.0928. The number of ether oxygens (including phenoxy) is 1. The van der Waals surface area contributed by atoms with Crippen molar-refractivity contribution in [2.75, 3.05) is 17.7 Å². The van der Waals surface area contributed by atoms with E-state index in [4.69, 9.17) is 4.74 Å². The second kappa shape index (κ2) is 9.75. The van der Waals surface area contributed by atoms with E-state index in [-0.39, 0.29) is 29.4 Å². The summed E-state index contributed by atoms with van der Waals surface area (Å²) in [6, 6.07) is 14.7.